The maximum atomic E-state index is 12.2. The molecule has 0 bridgehead atoms. The highest BCUT2D eigenvalue weighted by atomic mass is 16.2. The molecule has 1 atom stereocenters. The predicted molar refractivity (Wildman–Crippen MR) is 98.3 cm³/mol. The molecule has 1 aliphatic rings. The van der Waals surface area contributed by atoms with E-state index in [-0.39, 0.29) is 43.1 Å². The molecular weight excluding hydrogens is 332 g/mol. The van der Waals surface area contributed by atoms with Crippen LogP contribution in [0.2, 0.25) is 0 Å². The van der Waals surface area contributed by atoms with Gasteiger partial charge in [-0.05, 0) is 25.7 Å². The van der Waals surface area contributed by atoms with E-state index in [0.717, 1.165) is 21.4 Å². The third kappa shape index (κ3) is 3.48. The summed E-state index contributed by atoms with van der Waals surface area (Å²) in [6, 6.07) is 8.12. The third-order valence-electron chi connectivity index (χ3n) is 4.86. The van der Waals surface area contributed by atoms with Crippen LogP contribution in [0.25, 0.3) is 10.9 Å². The molecule has 0 unspecified atom stereocenters. The second-order valence-corrected chi connectivity index (χ2v) is 6.87. The van der Waals surface area contributed by atoms with Gasteiger partial charge in [-0.15, -0.1) is 0 Å². The number of carbonyl (C=O) groups excluding carboxylic acids is 3. The fourth-order valence-electron chi connectivity index (χ4n) is 3.42. The number of carbonyl (C=O) groups is 3. The Morgan fingerprint density at radius 1 is 1.19 bits per heavy atom. The highest BCUT2D eigenvalue weighted by Gasteiger charge is 2.30. The molecule has 0 spiro atoms. The lowest BCUT2D eigenvalue weighted by molar-refractivity contribution is -0.142. The summed E-state index contributed by atoms with van der Waals surface area (Å²) in [6.07, 6.45) is 2.47. The zero-order chi connectivity index (χ0) is 18.8. The molecule has 0 radical (unpaired) electrons. The summed E-state index contributed by atoms with van der Waals surface area (Å²) in [5, 5.41) is 4.01. The van der Waals surface area contributed by atoms with Gasteiger partial charge in [0.15, 0.2) is 0 Å². The van der Waals surface area contributed by atoms with Crippen molar-refractivity contribution in [3.8, 4) is 0 Å². The number of benzene rings is 1. The number of amides is 3. The lowest BCUT2D eigenvalue weighted by Crippen LogP contribution is -2.42. The predicted octanol–water partition coefficient (Wildman–Crippen LogP) is 1.05. The number of hydrogen-bond donors (Lipinski definition) is 1. The van der Waals surface area contributed by atoms with Gasteiger partial charge in [-0.2, -0.15) is 0 Å². The molecule has 3 rings (SSSR count). The molecule has 1 aliphatic heterocycles. The molecule has 1 N–H and O–H groups in total. The number of nitrogens with one attached hydrogen (secondary N) is 1. The summed E-state index contributed by atoms with van der Waals surface area (Å²) in [5.74, 6) is -0.868. The van der Waals surface area contributed by atoms with Crippen molar-refractivity contribution in [1.82, 2.24) is 19.7 Å². The number of para-hydroxylation sites is 1. The number of rotatable bonds is 6. The van der Waals surface area contributed by atoms with Crippen LogP contribution in [0.1, 0.15) is 24.4 Å². The molecule has 1 fully saturated rings. The van der Waals surface area contributed by atoms with E-state index >= 15 is 0 Å². The fraction of sp³-hybridized carbons (Fsp3) is 0.421. The summed E-state index contributed by atoms with van der Waals surface area (Å²) >= 11 is 0. The van der Waals surface area contributed by atoms with Gasteiger partial charge in [0.25, 0.3) is 0 Å². The Morgan fingerprint density at radius 3 is 2.50 bits per heavy atom. The molecule has 7 heteroatoms. The van der Waals surface area contributed by atoms with Crippen LogP contribution in [0.15, 0.2) is 30.5 Å². The van der Waals surface area contributed by atoms with Crippen LogP contribution in [-0.4, -0.2) is 59.3 Å². The zero-order valence-corrected chi connectivity index (χ0v) is 15.4. The lowest BCUT2D eigenvalue weighted by Gasteiger charge is -2.25. The van der Waals surface area contributed by atoms with E-state index in [1.165, 1.54) is 0 Å². The quantitative estimate of drug-likeness (QED) is 0.785. The van der Waals surface area contributed by atoms with Crippen LogP contribution >= 0.6 is 0 Å². The minimum absolute atomic E-state index is 0.0185. The third-order valence-corrected chi connectivity index (χ3v) is 4.86. The minimum atomic E-state index is -0.319. The van der Waals surface area contributed by atoms with E-state index in [1.807, 2.05) is 38.2 Å². The van der Waals surface area contributed by atoms with Crippen molar-refractivity contribution in [2.75, 3.05) is 27.2 Å². The molecule has 2 heterocycles. The number of aryl methyl sites for hydroxylation is 1. The Hall–Kier alpha value is -2.67. The van der Waals surface area contributed by atoms with Crippen LogP contribution < -0.4 is 5.32 Å². The van der Waals surface area contributed by atoms with Crippen LogP contribution in [0.3, 0.4) is 0 Å². The Bertz CT molecular complexity index is 840. The molecule has 1 saturated heterocycles. The second kappa shape index (κ2) is 7.29. The standard InChI is InChI=1S/C19H24N4O3/c1-21(2)16(14-11-22(3)15-7-5-4-6-13(14)15)10-20-17(24)12-23-18(25)8-9-19(23)26/h4-7,11,16H,8-10,12H2,1-3H3,(H,20,24)/t16-/m0/s1. The fourth-order valence-corrected chi connectivity index (χ4v) is 3.42. The van der Waals surface area contributed by atoms with Crippen molar-refractivity contribution in [2.45, 2.75) is 18.9 Å². The van der Waals surface area contributed by atoms with Gasteiger partial charge in [0, 0.05) is 43.5 Å². The lowest BCUT2D eigenvalue weighted by atomic mass is 10.0. The van der Waals surface area contributed by atoms with E-state index in [0.29, 0.717) is 6.54 Å². The first-order valence-corrected chi connectivity index (χ1v) is 8.68. The van der Waals surface area contributed by atoms with Gasteiger partial charge in [0.1, 0.15) is 6.54 Å². The summed E-state index contributed by atoms with van der Waals surface area (Å²) in [7, 11) is 5.93. The largest absolute Gasteiger partial charge is 0.353 e. The second-order valence-electron chi connectivity index (χ2n) is 6.87. The normalized spacial score (nSPS) is 15.9. The van der Waals surface area contributed by atoms with E-state index < -0.39 is 0 Å². The highest BCUT2D eigenvalue weighted by molar-refractivity contribution is 6.04. The number of hydrogen-bond acceptors (Lipinski definition) is 4. The van der Waals surface area contributed by atoms with Crippen molar-refractivity contribution < 1.29 is 14.4 Å². The molecule has 138 valence electrons. The molecule has 7 nitrogen and oxygen atoms in total. The first-order valence-electron chi connectivity index (χ1n) is 8.68. The maximum Gasteiger partial charge on any atom is 0.240 e. The van der Waals surface area contributed by atoms with E-state index in [4.69, 9.17) is 0 Å². The van der Waals surface area contributed by atoms with Crippen molar-refractivity contribution in [3.63, 3.8) is 0 Å². The average Bonchev–Trinajstić information content (AvgIpc) is 3.10. The molecule has 26 heavy (non-hydrogen) atoms. The summed E-state index contributed by atoms with van der Waals surface area (Å²) in [4.78, 5) is 38.6. The number of nitrogens with zero attached hydrogens (tertiary/aromatic N) is 3. The summed E-state index contributed by atoms with van der Waals surface area (Å²) in [6.45, 7) is 0.198. The van der Waals surface area contributed by atoms with Gasteiger partial charge in [-0.3, -0.25) is 19.3 Å². The maximum absolute atomic E-state index is 12.2. The Labute approximate surface area is 152 Å². The van der Waals surface area contributed by atoms with Gasteiger partial charge in [0.2, 0.25) is 17.7 Å². The van der Waals surface area contributed by atoms with Crippen LogP contribution in [0.4, 0.5) is 0 Å². The Balaban J connectivity index is 1.72. The Kier molecular flexibility index (Phi) is 5.08. The molecular formula is C19H24N4O3. The first-order chi connectivity index (χ1) is 12.4. The van der Waals surface area contributed by atoms with Gasteiger partial charge < -0.3 is 14.8 Å². The number of fused-ring (bicyclic) bond motifs is 1. The molecule has 0 aliphatic carbocycles. The van der Waals surface area contributed by atoms with E-state index in [9.17, 15) is 14.4 Å². The number of imide groups is 1. The number of aromatic nitrogens is 1. The van der Waals surface area contributed by atoms with Crippen molar-refractivity contribution in [2.24, 2.45) is 7.05 Å². The van der Waals surface area contributed by atoms with Crippen LogP contribution in [0, 0.1) is 0 Å². The van der Waals surface area contributed by atoms with Crippen molar-refractivity contribution in [1.29, 1.82) is 0 Å². The van der Waals surface area contributed by atoms with Crippen LogP contribution in [-0.2, 0) is 21.4 Å². The van der Waals surface area contributed by atoms with E-state index in [1.54, 1.807) is 0 Å². The molecule has 2 aromatic rings. The SMILES string of the molecule is CN(C)[C@@H](CNC(=O)CN1C(=O)CCC1=O)c1cn(C)c2ccccc12. The van der Waals surface area contributed by atoms with Gasteiger partial charge in [-0.25, -0.2) is 0 Å². The number of likely N-dealkylation sites (N-methyl/N-ethyl adjacent to an activating group) is 1. The van der Waals surface area contributed by atoms with Crippen LogP contribution in [0.5, 0.6) is 0 Å². The molecule has 1 aromatic carbocycles. The highest BCUT2D eigenvalue weighted by Crippen LogP contribution is 2.28. The zero-order valence-electron chi connectivity index (χ0n) is 15.4. The molecule has 0 saturated carbocycles. The van der Waals surface area contributed by atoms with Gasteiger partial charge in [0.05, 0.1) is 6.04 Å². The summed E-state index contributed by atoms with van der Waals surface area (Å²) in [5.41, 5.74) is 2.26. The van der Waals surface area contributed by atoms with E-state index in [2.05, 4.69) is 28.2 Å². The van der Waals surface area contributed by atoms with Crippen molar-refractivity contribution >= 4 is 28.6 Å². The number of likely N-dealkylation sites (tertiary alicyclic amines) is 1. The minimum Gasteiger partial charge on any atom is -0.353 e. The van der Waals surface area contributed by atoms with Gasteiger partial charge in [-0.1, -0.05) is 18.2 Å². The molecule has 3 amide bonds. The summed E-state index contributed by atoms with van der Waals surface area (Å²) < 4.78 is 2.07. The van der Waals surface area contributed by atoms with Gasteiger partial charge >= 0.3 is 0 Å². The smallest absolute Gasteiger partial charge is 0.240 e. The molecule has 1 aromatic heterocycles. The topological polar surface area (TPSA) is 74.7 Å². The Morgan fingerprint density at radius 2 is 1.85 bits per heavy atom. The average molecular weight is 356 g/mol. The monoisotopic (exact) mass is 356 g/mol. The van der Waals surface area contributed by atoms with Crippen molar-refractivity contribution in [3.05, 3.63) is 36.0 Å². The first kappa shape index (κ1) is 18.1.